The molecule has 0 aliphatic carbocycles. The molecule has 0 N–H and O–H groups in total. The Bertz CT molecular complexity index is 403. The smallest absolute Gasteiger partial charge is 0.0841 e. The van der Waals surface area contributed by atoms with Crippen molar-refractivity contribution in [2.45, 2.75) is 20.3 Å². The zero-order chi connectivity index (χ0) is 8.55. The quantitative estimate of drug-likeness (QED) is 0.652. The number of hydrogen-bond donors (Lipinski definition) is 0. The molecule has 2 rings (SSSR count). The van der Waals surface area contributed by atoms with Gasteiger partial charge in [0.15, 0.2) is 0 Å². The number of hydrogen-bond acceptors (Lipinski definition) is 2. The van der Waals surface area contributed by atoms with E-state index < -0.39 is 0 Å². The molecule has 0 radical (unpaired) electrons. The standard InChI is InChI=1S/C10H11NS/c1-3-8-7(2)10-9(12-8)5-4-6-11-10/h4-6H,3H2,1-2H3. The Hall–Kier alpha value is -0.890. The highest BCUT2D eigenvalue weighted by atomic mass is 32.1. The van der Waals surface area contributed by atoms with Crippen molar-refractivity contribution in [3.8, 4) is 0 Å². The molecular weight excluding hydrogens is 166 g/mol. The van der Waals surface area contributed by atoms with Crippen LogP contribution in [-0.4, -0.2) is 4.98 Å². The summed E-state index contributed by atoms with van der Waals surface area (Å²) < 4.78 is 1.31. The predicted molar refractivity (Wildman–Crippen MR) is 53.7 cm³/mol. The van der Waals surface area contributed by atoms with Gasteiger partial charge in [0.1, 0.15) is 0 Å². The summed E-state index contributed by atoms with van der Waals surface area (Å²) in [6.07, 6.45) is 2.98. The zero-order valence-corrected chi connectivity index (χ0v) is 8.11. The van der Waals surface area contributed by atoms with Gasteiger partial charge in [-0.1, -0.05) is 6.92 Å². The summed E-state index contributed by atoms with van der Waals surface area (Å²) in [5.74, 6) is 0. The summed E-state index contributed by atoms with van der Waals surface area (Å²) in [5.41, 5.74) is 2.54. The molecular formula is C10H11NS. The van der Waals surface area contributed by atoms with Gasteiger partial charge in [-0.05, 0) is 31.0 Å². The molecule has 0 saturated heterocycles. The Morgan fingerprint density at radius 1 is 1.50 bits per heavy atom. The summed E-state index contributed by atoms with van der Waals surface area (Å²) in [6, 6.07) is 4.14. The van der Waals surface area contributed by atoms with E-state index in [1.807, 2.05) is 23.6 Å². The van der Waals surface area contributed by atoms with Crippen LogP contribution in [-0.2, 0) is 6.42 Å². The summed E-state index contributed by atoms with van der Waals surface area (Å²) in [6.45, 7) is 4.35. The SMILES string of the molecule is CCc1sc2cccnc2c1C. The van der Waals surface area contributed by atoms with E-state index in [2.05, 4.69) is 24.9 Å². The van der Waals surface area contributed by atoms with Crippen molar-refractivity contribution in [2.75, 3.05) is 0 Å². The normalized spacial score (nSPS) is 10.8. The van der Waals surface area contributed by atoms with E-state index in [0.29, 0.717) is 0 Å². The molecule has 0 aromatic carbocycles. The number of aromatic nitrogens is 1. The van der Waals surface area contributed by atoms with Gasteiger partial charge in [0.25, 0.3) is 0 Å². The molecule has 2 aromatic rings. The third kappa shape index (κ3) is 1.03. The molecule has 2 aromatic heterocycles. The molecule has 0 aliphatic heterocycles. The average molecular weight is 177 g/mol. The molecule has 2 heterocycles. The fraction of sp³-hybridized carbons (Fsp3) is 0.300. The van der Waals surface area contributed by atoms with E-state index in [1.54, 1.807) is 0 Å². The van der Waals surface area contributed by atoms with E-state index in [4.69, 9.17) is 0 Å². The molecule has 1 nitrogen and oxygen atoms in total. The van der Waals surface area contributed by atoms with Crippen LogP contribution >= 0.6 is 11.3 Å². The van der Waals surface area contributed by atoms with Crippen LogP contribution in [0.15, 0.2) is 18.3 Å². The van der Waals surface area contributed by atoms with Crippen LogP contribution in [0.5, 0.6) is 0 Å². The molecule has 0 aliphatic rings. The summed E-state index contributed by atoms with van der Waals surface area (Å²) in [4.78, 5) is 5.82. The Morgan fingerprint density at radius 2 is 2.33 bits per heavy atom. The van der Waals surface area contributed by atoms with Crippen molar-refractivity contribution >= 4 is 21.6 Å². The molecule has 0 fully saturated rings. The molecule has 2 heteroatoms. The lowest BCUT2D eigenvalue weighted by Gasteiger charge is -1.90. The zero-order valence-electron chi connectivity index (χ0n) is 7.29. The van der Waals surface area contributed by atoms with Gasteiger partial charge < -0.3 is 0 Å². The first-order valence-electron chi connectivity index (χ1n) is 4.16. The molecule has 0 saturated carbocycles. The summed E-state index contributed by atoms with van der Waals surface area (Å²) in [5, 5.41) is 0. The maximum absolute atomic E-state index is 4.36. The van der Waals surface area contributed by atoms with Gasteiger partial charge in [0, 0.05) is 11.1 Å². The Labute approximate surface area is 76.1 Å². The Balaban J connectivity index is 2.78. The molecule has 0 atom stereocenters. The first-order valence-corrected chi connectivity index (χ1v) is 4.97. The fourth-order valence-corrected chi connectivity index (χ4v) is 2.54. The van der Waals surface area contributed by atoms with E-state index in [1.165, 1.54) is 20.7 Å². The highest BCUT2D eigenvalue weighted by Gasteiger charge is 2.05. The largest absolute Gasteiger partial charge is 0.255 e. The van der Waals surface area contributed by atoms with E-state index in [9.17, 15) is 0 Å². The van der Waals surface area contributed by atoms with Gasteiger partial charge in [-0.3, -0.25) is 4.98 Å². The van der Waals surface area contributed by atoms with Crippen molar-refractivity contribution in [1.82, 2.24) is 4.98 Å². The van der Waals surface area contributed by atoms with Crippen molar-refractivity contribution < 1.29 is 0 Å². The number of fused-ring (bicyclic) bond motifs is 1. The third-order valence-corrected chi connectivity index (χ3v) is 3.49. The number of rotatable bonds is 1. The first kappa shape index (κ1) is 7.74. The lowest BCUT2D eigenvalue weighted by molar-refractivity contribution is 1.16. The fourth-order valence-electron chi connectivity index (χ4n) is 1.43. The van der Waals surface area contributed by atoms with E-state index in [0.717, 1.165) is 6.42 Å². The van der Waals surface area contributed by atoms with Crippen molar-refractivity contribution in [2.24, 2.45) is 0 Å². The molecule has 12 heavy (non-hydrogen) atoms. The second-order valence-electron chi connectivity index (χ2n) is 2.85. The number of thiophene rings is 1. The molecule has 0 unspecified atom stereocenters. The minimum atomic E-state index is 1.12. The molecule has 0 amide bonds. The number of aryl methyl sites for hydroxylation is 2. The van der Waals surface area contributed by atoms with Crippen molar-refractivity contribution in [1.29, 1.82) is 0 Å². The Morgan fingerprint density at radius 3 is 3.00 bits per heavy atom. The maximum atomic E-state index is 4.36. The number of pyridine rings is 1. The van der Waals surface area contributed by atoms with Gasteiger partial charge in [-0.2, -0.15) is 0 Å². The van der Waals surface area contributed by atoms with Gasteiger partial charge in [-0.15, -0.1) is 11.3 Å². The Kier molecular flexibility index (Phi) is 1.85. The average Bonchev–Trinajstić information content (AvgIpc) is 2.44. The minimum absolute atomic E-state index is 1.12. The maximum Gasteiger partial charge on any atom is 0.0841 e. The van der Waals surface area contributed by atoms with Gasteiger partial charge in [0.2, 0.25) is 0 Å². The summed E-state index contributed by atoms with van der Waals surface area (Å²) in [7, 11) is 0. The van der Waals surface area contributed by atoms with Gasteiger partial charge in [-0.25, -0.2) is 0 Å². The van der Waals surface area contributed by atoms with Crippen LogP contribution in [0.1, 0.15) is 17.4 Å². The van der Waals surface area contributed by atoms with Crippen molar-refractivity contribution in [3.05, 3.63) is 28.8 Å². The first-order chi connectivity index (χ1) is 5.83. The molecule has 62 valence electrons. The second-order valence-corrected chi connectivity index (χ2v) is 3.99. The van der Waals surface area contributed by atoms with Crippen LogP contribution in [0.3, 0.4) is 0 Å². The predicted octanol–water partition coefficient (Wildman–Crippen LogP) is 3.17. The lowest BCUT2D eigenvalue weighted by Crippen LogP contribution is -1.78. The lowest BCUT2D eigenvalue weighted by atomic mass is 10.2. The van der Waals surface area contributed by atoms with Crippen LogP contribution in [0, 0.1) is 6.92 Å². The van der Waals surface area contributed by atoms with E-state index in [-0.39, 0.29) is 0 Å². The monoisotopic (exact) mass is 177 g/mol. The van der Waals surface area contributed by atoms with Crippen LogP contribution < -0.4 is 0 Å². The highest BCUT2D eigenvalue weighted by Crippen LogP contribution is 2.28. The highest BCUT2D eigenvalue weighted by molar-refractivity contribution is 7.19. The third-order valence-electron chi connectivity index (χ3n) is 2.10. The minimum Gasteiger partial charge on any atom is -0.255 e. The van der Waals surface area contributed by atoms with Crippen LogP contribution in [0.4, 0.5) is 0 Å². The van der Waals surface area contributed by atoms with Crippen LogP contribution in [0.25, 0.3) is 10.2 Å². The van der Waals surface area contributed by atoms with Gasteiger partial charge >= 0.3 is 0 Å². The summed E-state index contributed by atoms with van der Waals surface area (Å²) >= 11 is 1.86. The van der Waals surface area contributed by atoms with Crippen molar-refractivity contribution in [3.63, 3.8) is 0 Å². The number of nitrogens with zero attached hydrogens (tertiary/aromatic N) is 1. The molecule has 0 spiro atoms. The second kappa shape index (κ2) is 2.87. The molecule has 0 bridgehead atoms. The topological polar surface area (TPSA) is 12.9 Å². The van der Waals surface area contributed by atoms with Gasteiger partial charge in [0.05, 0.1) is 10.2 Å². The van der Waals surface area contributed by atoms with Crippen LogP contribution in [0.2, 0.25) is 0 Å². The van der Waals surface area contributed by atoms with E-state index >= 15 is 0 Å².